The van der Waals surface area contributed by atoms with Gasteiger partial charge in [-0.1, -0.05) is 0 Å². The number of fused-ring (bicyclic) bond motifs is 1. The van der Waals surface area contributed by atoms with Gasteiger partial charge in [-0.3, -0.25) is 0 Å². The van der Waals surface area contributed by atoms with Crippen LogP contribution in [0.25, 0.3) is 0 Å². The van der Waals surface area contributed by atoms with Gasteiger partial charge < -0.3 is 5.32 Å². The maximum absolute atomic E-state index is 11.9. The Morgan fingerprint density at radius 3 is 2.00 bits per heavy atom. The van der Waals surface area contributed by atoms with Crippen molar-refractivity contribution in [2.45, 2.75) is 6.43 Å². The minimum Gasteiger partial charge on any atom is -0.316 e. The normalized spacial score (nSPS) is 42.9. The van der Waals surface area contributed by atoms with E-state index in [1.807, 2.05) is 0 Å². The lowest BCUT2D eigenvalue weighted by atomic mass is 10.3. The first-order valence-electron chi connectivity index (χ1n) is 3.29. The lowest BCUT2D eigenvalue weighted by molar-refractivity contribution is 0.108. The SMILES string of the molecule is Cl.FC(F)C1C2CNCC21. The van der Waals surface area contributed by atoms with Crippen molar-refractivity contribution in [3.8, 4) is 0 Å². The second-order valence-corrected chi connectivity index (χ2v) is 2.90. The first kappa shape index (κ1) is 8.21. The number of nitrogens with one attached hydrogen (secondary N) is 1. The lowest BCUT2D eigenvalue weighted by Gasteiger charge is -2.00. The summed E-state index contributed by atoms with van der Waals surface area (Å²) in [6.07, 6.45) is -2.07. The number of rotatable bonds is 1. The number of halogens is 3. The van der Waals surface area contributed by atoms with Gasteiger partial charge in [-0.05, 0) is 24.9 Å². The Kier molecular flexibility index (Phi) is 2.15. The molecule has 0 radical (unpaired) electrons. The van der Waals surface area contributed by atoms with Crippen LogP contribution in [0.1, 0.15) is 0 Å². The van der Waals surface area contributed by atoms with Crippen LogP contribution in [0.4, 0.5) is 8.78 Å². The Bertz CT molecular complexity index is 121. The third-order valence-electron chi connectivity index (χ3n) is 2.45. The van der Waals surface area contributed by atoms with Crippen molar-refractivity contribution in [1.82, 2.24) is 5.32 Å². The van der Waals surface area contributed by atoms with Crippen LogP contribution in [0.2, 0.25) is 0 Å². The molecule has 1 nitrogen and oxygen atoms in total. The van der Waals surface area contributed by atoms with Crippen LogP contribution < -0.4 is 5.32 Å². The van der Waals surface area contributed by atoms with Gasteiger partial charge >= 0.3 is 0 Å². The Morgan fingerprint density at radius 2 is 1.70 bits per heavy atom. The minimum absolute atomic E-state index is 0. The molecule has 2 atom stereocenters. The fourth-order valence-electron chi connectivity index (χ4n) is 1.84. The molecular formula is C6H10ClF2N. The van der Waals surface area contributed by atoms with E-state index in [9.17, 15) is 8.78 Å². The highest BCUT2D eigenvalue weighted by molar-refractivity contribution is 5.85. The molecule has 0 aromatic heterocycles. The number of hydrogen-bond donors (Lipinski definition) is 1. The number of alkyl halides is 2. The predicted octanol–water partition coefficient (Wildman–Crippen LogP) is 1.14. The second kappa shape index (κ2) is 2.62. The maximum atomic E-state index is 11.9. The molecule has 1 N–H and O–H groups in total. The van der Waals surface area contributed by atoms with Gasteiger partial charge in [-0.25, -0.2) is 8.78 Å². The highest BCUT2D eigenvalue weighted by Crippen LogP contribution is 2.51. The third kappa shape index (κ3) is 1.01. The summed E-state index contributed by atoms with van der Waals surface area (Å²) in [5, 5.41) is 3.07. The zero-order valence-electron chi connectivity index (χ0n) is 5.39. The second-order valence-electron chi connectivity index (χ2n) is 2.90. The van der Waals surface area contributed by atoms with Crippen LogP contribution in [0.5, 0.6) is 0 Å². The molecule has 0 spiro atoms. The van der Waals surface area contributed by atoms with Crippen molar-refractivity contribution in [3.63, 3.8) is 0 Å². The molecule has 1 aliphatic heterocycles. The van der Waals surface area contributed by atoms with E-state index in [1.54, 1.807) is 0 Å². The predicted molar refractivity (Wildman–Crippen MR) is 36.6 cm³/mol. The summed E-state index contributed by atoms with van der Waals surface area (Å²) in [5.41, 5.74) is 0. The molecule has 1 aliphatic carbocycles. The van der Waals surface area contributed by atoms with Crippen molar-refractivity contribution in [2.75, 3.05) is 13.1 Å². The van der Waals surface area contributed by atoms with Crippen LogP contribution in [-0.4, -0.2) is 19.5 Å². The molecule has 60 valence electrons. The third-order valence-corrected chi connectivity index (χ3v) is 2.45. The van der Waals surface area contributed by atoms with E-state index in [0.29, 0.717) is 11.8 Å². The number of piperidine rings is 1. The van der Waals surface area contributed by atoms with E-state index < -0.39 is 6.43 Å². The largest absolute Gasteiger partial charge is 0.316 e. The molecular weight excluding hydrogens is 160 g/mol. The summed E-state index contributed by atoms with van der Waals surface area (Å²) < 4.78 is 23.8. The smallest absolute Gasteiger partial charge is 0.242 e. The van der Waals surface area contributed by atoms with Crippen molar-refractivity contribution >= 4 is 12.4 Å². The molecule has 1 saturated carbocycles. The first-order valence-corrected chi connectivity index (χ1v) is 3.29. The average molecular weight is 170 g/mol. The molecule has 0 aromatic carbocycles. The van der Waals surface area contributed by atoms with Gasteiger partial charge in [-0.2, -0.15) is 0 Å². The van der Waals surface area contributed by atoms with Crippen molar-refractivity contribution < 1.29 is 8.78 Å². The summed E-state index contributed by atoms with van der Waals surface area (Å²) in [6.45, 7) is 1.64. The van der Waals surface area contributed by atoms with Gasteiger partial charge in [-0.15, -0.1) is 12.4 Å². The fourth-order valence-corrected chi connectivity index (χ4v) is 1.84. The first-order chi connectivity index (χ1) is 4.30. The van der Waals surface area contributed by atoms with Crippen molar-refractivity contribution in [3.05, 3.63) is 0 Å². The van der Waals surface area contributed by atoms with Crippen LogP contribution in [-0.2, 0) is 0 Å². The molecule has 2 unspecified atom stereocenters. The zero-order chi connectivity index (χ0) is 6.43. The molecule has 0 bridgehead atoms. The standard InChI is InChI=1S/C6H9F2N.ClH/c7-6(8)5-3-1-9-2-4(3)5;/h3-6,9H,1-2H2;1H. The highest BCUT2D eigenvalue weighted by Gasteiger charge is 2.57. The molecule has 2 aliphatic rings. The molecule has 0 amide bonds. The Balaban J connectivity index is 0.000000500. The van der Waals surface area contributed by atoms with E-state index >= 15 is 0 Å². The molecule has 2 rings (SSSR count). The number of hydrogen-bond acceptors (Lipinski definition) is 1. The van der Waals surface area contributed by atoms with Crippen molar-refractivity contribution in [1.29, 1.82) is 0 Å². The Morgan fingerprint density at radius 1 is 1.20 bits per heavy atom. The van der Waals surface area contributed by atoms with Crippen LogP contribution in [0.15, 0.2) is 0 Å². The molecule has 4 heteroatoms. The molecule has 10 heavy (non-hydrogen) atoms. The van der Waals surface area contributed by atoms with Gasteiger partial charge in [0.25, 0.3) is 0 Å². The maximum Gasteiger partial charge on any atom is 0.242 e. The summed E-state index contributed by atoms with van der Waals surface area (Å²) in [6, 6.07) is 0. The summed E-state index contributed by atoms with van der Waals surface area (Å²) in [7, 11) is 0. The van der Waals surface area contributed by atoms with Gasteiger partial charge in [0.2, 0.25) is 6.43 Å². The average Bonchev–Trinajstić information content (AvgIpc) is 2.30. The minimum atomic E-state index is -2.07. The molecule has 2 fully saturated rings. The molecule has 0 aromatic rings. The highest BCUT2D eigenvalue weighted by atomic mass is 35.5. The Labute approximate surface area is 64.6 Å². The fraction of sp³-hybridized carbons (Fsp3) is 1.00. The van der Waals surface area contributed by atoms with Gasteiger partial charge in [0.15, 0.2) is 0 Å². The van der Waals surface area contributed by atoms with Crippen molar-refractivity contribution in [2.24, 2.45) is 17.8 Å². The van der Waals surface area contributed by atoms with Gasteiger partial charge in [0.1, 0.15) is 0 Å². The van der Waals surface area contributed by atoms with Crippen LogP contribution >= 0.6 is 12.4 Å². The summed E-state index contributed by atoms with van der Waals surface area (Å²) >= 11 is 0. The van der Waals surface area contributed by atoms with Gasteiger partial charge in [0, 0.05) is 5.92 Å². The van der Waals surface area contributed by atoms with Crippen LogP contribution in [0, 0.1) is 17.8 Å². The van der Waals surface area contributed by atoms with E-state index in [4.69, 9.17) is 0 Å². The lowest BCUT2D eigenvalue weighted by Crippen LogP contribution is -2.17. The van der Waals surface area contributed by atoms with Gasteiger partial charge in [0.05, 0.1) is 0 Å². The Hall–Kier alpha value is 0.110. The van der Waals surface area contributed by atoms with Crippen LogP contribution in [0.3, 0.4) is 0 Å². The summed E-state index contributed by atoms with van der Waals surface area (Å²) in [5.74, 6) is 0.362. The van der Waals surface area contributed by atoms with E-state index in [1.165, 1.54) is 0 Å². The summed E-state index contributed by atoms with van der Waals surface area (Å²) in [4.78, 5) is 0. The molecule has 1 heterocycles. The van der Waals surface area contributed by atoms with E-state index in [0.717, 1.165) is 13.1 Å². The van der Waals surface area contributed by atoms with E-state index in [2.05, 4.69) is 5.32 Å². The zero-order valence-corrected chi connectivity index (χ0v) is 6.20. The van der Waals surface area contributed by atoms with E-state index in [-0.39, 0.29) is 18.3 Å². The monoisotopic (exact) mass is 169 g/mol. The quantitative estimate of drug-likeness (QED) is 0.621. The molecule has 1 saturated heterocycles. The topological polar surface area (TPSA) is 12.0 Å².